The molecule has 1 heterocycles. The summed E-state index contributed by atoms with van der Waals surface area (Å²) in [7, 11) is 0. The number of rotatable bonds is 4. The molecule has 0 aliphatic heterocycles. The number of aromatic nitrogens is 2. The molecule has 0 unspecified atom stereocenters. The topological polar surface area (TPSA) is 57.8 Å². The lowest BCUT2D eigenvalue weighted by Crippen LogP contribution is -2.25. The van der Waals surface area contributed by atoms with Crippen LogP contribution >= 0.6 is 0 Å². The molecule has 0 aliphatic rings. The van der Waals surface area contributed by atoms with E-state index in [4.69, 9.17) is 0 Å². The second kappa shape index (κ2) is 5.57. The van der Waals surface area contributed by atoms with E-state index in [-0.39, 0.29) is 5.91 Å². The van der Waals surface area contributed by atoms with Gasteiger partial charge in [-0.05, 0) is 22.9 Å². The maximum absolute atomic E-state index is 12.1. The van der Waals surface area contributed by atoms with Gasteiger partial charge in [-0.3, -0.25) is 4.79 Å². The van der Waals surface area contributed by atoms with Gasteiger partial charge >= 0.3 is 0 Å². The molecule has 3 aromatic rings. The molecule has 0 spiro atoms. The lowest BCUT2D eigenvalue weighted by atomic mass is 10.1. The van der Waals surface area contributed by atoms with Crippen LogP contribution in [0.2, 0.25) is 0 Å². The van der Waals surface area contributed by atoms with Crippen LogP contribution in [0.1, 0.15) is 16.2 Å². The Kier molecular flexibility index (Phi) is 3.46. The van der Waals surface area contributed by atoms with Gasteiger partial charge in [-0.2, -0.15) is 0 Å². The van der Waals surface area contributed by atoms with Crippen molar-refractivity contribution in [2.75, 3.05) is 6.54 Å². The first kappa shape index (κ1) is 12.4. The third kappa shape index (κ3) is 2.69. The highest BCUT2D eigenvalue weighted by atomic mass is 16.1. The van der Waals surface area contributed by atoms with Crippen molar-refractivity contribution < 1.29 is 4.79 Å². The van der Waals surface area contributed by atoms with Gasteiger partial charge in [0, 0.05) is 30.9 Å². The van der Waals surface area contributed by atoms with Gasteiger partial charge in [0.1, 0.15) is 5.82 Å². The number of carbonyl (C=O) groups is 1. The second-order valence-electron chi connectivity index (χ2n) is 4.60. The van der Waals surface area contributed by atoms with E-state index in [1.54, 1.807) is 12.4 Å². The molecule has 3 rings (SSSR count). The number of carbonyl (C=O) groups excluding carboxylic acids is 1. The highest BCUT2D eigenvalue weighted by Gasteiger charge is 2.06. The molecule has 100 valence electrons. The third-order valence-corrected chi connectivity index (χ3v) is 3.21. The highest BCUT2D eigenvalue weighted by molar-refractivity contribution is 5.98. The maximum atomic E-state index is 12.1. The summed E-state index contributed by atoms with van der Waals surface area (Å²) in [5.41, 5.74) is 0.683. The molecule has 20 heavy (non-hydrogen) atoms. The number of hydrogen-bond acceptors (Lipinski definition) is 2. The summed E-state index contributed by atoms with van der Waals surface area (Å²) >= 11 is 0. The monoisotopic (exact) mass is 265 g/mol. The summed E-state index contributed by atoms with van der Waals surface area (Å²) in [6.07, 6.45) is 4.19. The number of hydrogen-bond donors (Lipinski definition) is 2. The van der Waals surface area contributed by atoms with Crippen LogP contribution in [0, 0.1) is 0 Å². The van der Waals surface area contributed by atoms with Crippen LogP contribution in [0.15, 0.2) is 54.9 Å². The van der Waals surface area contributed by atoms with Gasteiger partial charge < -0.3 is 10.3 Å². The fourth-order valence-corrected chi connectivity index (χ4v) is 2.16. The van der Waals surface area contributed by atoms with Crippen LogP contribution < -0.4 is 5.32 Å². The number of nitrogens with one attached hydrogen (secondary N) is 2. The third-order valence-electron chi connectivity index (χ3n) is 3.21. The highest BCUT2D eigenvalue weighted by Crippen LogP contribution is 2.15. The summed E-state index contributed by atoms with van der Waals surface area (Å²) in [4.78, 5) is 19.2. The Morgan fingerprint density at radius 2 is 2.00 bits per heavy atom. The van der Waals surface area contributed by atoms with Crippen molar-refractivity contribution in [2.45, 2.75) is 6.42 Å². The first-order valence-corrected chi connectivity index (χ1v) is 6.58. The van der Waals surface area contributed by atoms with E-state index in [1.165, 1.54) is 0 Å². The van der Waals surface area contributed by atoms with E-state index in [2.05, 4.69) is 15.3 Å². The van der Waals surface area contributed by atoms with Crippen molar-refractivity contribution in [1.29, 1.82) is 0 Å². The number of benzene rings is 2. The van der Waals surface area contributed by atoms with Crippen LogP contribution in [0.25, 0.3) is 10.8 Å². The number of aromatic amines is 1. The van der Waals surface area contributed by atoms with Crippen molar-refractivity contribution >= 4 is 16.7 Å². The minimum atomic E-state index is -0.0534. The Balaban J connectivity index is 1.66. The zero-order chi connectivity index (χ0) is 13.8. The molecule has 2 aromatic carbocycles. The fourth-order valence-electron chi connectivity index (χ4n) is 2.16. The van der Waals surface area contributed by atoms with E-state index in [1.807, 2.05) is 42.5 Å². The molecule has 0 radical (unpaired) electrons. The van der Waals surface area contributed by atoms with Crippen molar-refractivity contribution in [1.82, 2.24) is 15.3 Å². The molecule has 0 bridgehead atoms. The summed E-state index contributed by atoms with van der Waals surface area (Å²) in [5.74, 6) is 0.825. The molecule has 0 saturated carbocycles. The Hall–Kier alpha value is -2.62. The molecular formula is C16H15N3O. The van der Waals surface area contributed by atoms with Gasteiger partial charge in [0.15, 0.2) is 0 Å². The average Bonchev–Trinajstić information content (AvgIpc) is 3.00. The SMILES string of the molecule is O=C(NCCc1ncc[nH]1)c1ccc2ccccc2c1. The Labute approximate surface area is 116 Å². The molecule has 4 nitrogen and oxygen atoms in total. The van der Waals surface area contributed by atoms with Gasteiger partial charge in [0.2, 0.25) is 0 Å². The van der Waals surface area contributed by atoms with E-state index < -0.39 is 0 Å². The molecule has 0 atom stereocenters. The predicted molar refractivity (Wildman–Crippen MR) is 78.6 cm³/mol. The number of amides is 1. The standard InChI is InChI=1S/C16H15N3O/c20-16(19-8-7-15-17-9-10-18-15)14-6-5-12-3-1-2-4-13(12)11-14/h1-6,9-11H,7-8H2,(H,17,18)(H,19,20). The molecule has 4 heteroatoms. The zero-order valence-electron chi connectivity index (χ0n) is 11.0. The van der Waals surface area contributed by atoms with Crippen LogP contribution in [0.5, 0.6) is 0 Å². The minimum absolute atomic E-state index is 0.0534. The van der Waals surface area contributed by atoms with Crippen LogP contribution in [0.3, 0.4) is 0 Å². The second-order valence-corrected chi connectivity index (χ2v) is 4.60. The Bertz CT molecular complexity index is 719. The van der Waals surface area contributed by atoms with Crippen LogP contribution in [-0.2, 0) is 6.42 Å². The van der Waals surface area contributed by atoms with Crippen molar-refractivity contribution in [3.63, 3.8) is 0 Å². The van der Waals surface area contributed by atoms with E-state index in [0.29, 0.717) is 18.5 Å². The molecular weight excluding hydrogens is 250 g/mol. The van der Waals surface area contributed by atoms with Crippen molar-refractivity contribution in [3.8, 4) is 0 Å². The summed E-state index contributed by atoms with van der Waals surface area (Å²) < 4.78 is 0. The van der Waals surface area contributed by atoms with Gasteiger partial charge in [-0.15, -0.1) is 0 Å². The maximum Gasteiger partial charge on any atom is 0.251 e. The molecule has 2 N–H and O–H groups in total. The summed E-state index contributed by atoms with van der Waals surface area (Å²) in [6.45, 7) is 0.569. The lowest BCUT2D eigenvalue weighted by Gasteiger charge is -2.05. The molecule has 1 aromatic heterocycles. The normalized spacial score (nSPS) is 10.6. The van der Waals surface area contributed by atoms with E-state index in [9.17, 15) is 4.79 Å². The molecule has 0 fully saturated rings. The predicted octanol–water partition coefficient (Wildman–Crippen LogP) is 2.54. The minimum Gasteiger partial charge on any atom is -0.352 e. The van der Waals surface area contributed by atoms with E-state index in [0.717, 1.165) is 16.6 Å². The quantitative estimate of drug-likeness (QED) is 0.761. The van der Waals surface area contributed by atoms with Crippen molar-refractivity contribution in [2.24, 2.45) is 0 Å². The van der Waals surface area contributed by atoms with Gasteiger partial charge in [0.05, 0.1) is 0 Å². The van der Waals surface area contributed by atoms with Crippen LogP contribution in [-0.4, -0.2) is 22.4 Å². The Morgan fingerprint density at radius 1 is 1.15 bits per heavy atom. The Morgan fingerprint density at radius 3 is 2.80 bits per heavy atom. The zero-order valence-corrected chi connectivity index (χ0v) is 11.0. The van der Waals surface area contributed by atoms with Crippen molar-refractivity contribution in [3.05, 3.63) is 66.2 Å². The first-order chi connectivity index (χ1) is 9.83. The largest absolute Gasteiger partial charge is 0.352 e. The van der Waals surface area contributed by atoms with Gasteiger partial charge in [0.25, 0.3) is 5.91 Å². The number of H-pyrrole nitrogens is 1. The van der Waals surface area contributed by atoms with Gasteiger partial charge in [-0.25, -0.2) is 4.98 Å². The van der Waals surface area contributed by atoms with Crippen LogP contribution in [0.4, 0.5) is 0 Å². The molecule has 0 aliphatic carbocycles. The van der Waals surface area contributed by atoms with E-state index >= 15 is 0 Å². The van der Waals surface area contributed by atoms with Gasteiger partial charge in [-0.1, -0.05) is 30.3 Å². The first-order valence-electron chi connectivity index (χ1n) is 6.58. The molecule has 1 amide bonds. The molecule has 0 saturated heterocycles. The number of imidazole rings is 1. The fraction of sp³-hybridized carbons (Fsp3) is 0.125. The lowest BCUT2D eigenvalue weighted by molar-refractivity contribution is 0.0954. The number of fused-ring (bicyclic) bond motifs is 1. The smallest absolute Gasteiger partial charge is 0.251 e. The summed E-state index contributed by atoms with van der Waals surface area (Å²) in [5, 5.41) is 5.12. The number of nitrogens with zero attached hydrogens (tertiary/aromatic N) is 1. The average molecular weight is 265 g/mol. The summed E-state index contributed by atoms with van der Waals surface area (Å²) in [6, 6.07) is 13.7.